The number of rotatable bonds is 7. The highest BCUT2D eigenvalue weighted by Crippen LogP contribution is 2.19. The molecule has 4 rings (SSSR count). The summed E-state index contributed by atoms with van der Waals surface area (Å²) >= 11 is 0. The van der Waals surface area contributed by atoms with Crippen LogP contribution >= 0.6 is 0 Å². The molecule has 2 heterocycles. The van der Waals surface area contributed by atoms with Crippen molar-refractivity contribution in [2.45, 2.75) is 6.54 Å². The quantitative estimate of drug-likeness (QED) is 0.568. The van der Waals surface area contributed by atoms with Crippen molar-refractivity contribution in [2.24, 2.45) is 0 Å². The summed E-state index contributed by atoms with van der Waals surface area (Å²) in [6.07, 6.45) is 0. The van der Waals surface area contributed by atoms with Gasteiger partial charge in [-0.2, -0.15) is 4.80 Å². The van der Waals surface area contributed by atoms with Crippen LogP contribution in [-0.2, 0) is 25.6 Å². The van der Waals surface area contributed by atoms with Crippen LogP contribution in [0.25, 0.3) is 11.4 Å². The van der Waals surface area contributed by atoms with Gasteiger partial charge in [0, 0.05) is 30.0 Å². The number of amides is 1. The predicted molar refractivity (Wildman–Crippen MR) is 112 cm³/mol. The van der Waals surface area contributed by atoms with Gasteiger partial charge in [-0.15, -0.1) is 10.2 Å². The number of anilines is 2. The van der Waals surface area contributed by atoms with E-state index in [2.05, 4.69) is 25.6 Å². The fourth-order valence-corrected chi connectivity index (χ4v) is 3.09. The van der Waals surface area contributed by atoms with Crippen molar-refractivity contribution in [3.05, 3.63) is 54.6 Å². The summed E-state index contributed by atoms with van der Waals surface area (Å²) in [6, 6.07) is 16.8. The van der Waals surface area contributed by atoms with Gasteiger partial charge >= 0.3 is 5.97 Å². The molecule has 31 heavy (non-hydrogen) atoms. The lowest BCUT2D eigenvalue weighted by Gasteiger charge is -2.28. The van der Waals surface area contributed by atoms with Gasteiger partial charge < -0.3 is 19.7 Å². The minimum absolute atomic E-state index is 0.235. The lowest BCUT2D eigenvalue weighted by molar-refractivity contribution is -0.148. The monoisotopic (exact) mass is 422 g/mol. The maximum absolute atomic E-state index is 12.1. The number of morpholine rings is 1. The van der Waals surface area contributed by atoms with Gasteiger partial charge in [-0.1, -0.05) is 30.3 Å². The van der Waals surface area contributed by atoms with Gasteiger partial charge in [0.15, 0.2) is 13.2 Å². The first-order valence-electron chi connectivity index (χ1n) is 9.89. The average molecular weight is 422 g/mol. The SMILES string of the molecule is O=C(COC(=O)Cn1nnc(-c2ccccc2)n1)Nc1ccc(N2CCOCC2)cc1. The molecule has 1 aromatic heterocycles. The minimum Gasteiger partial charge on any atom is -0.454 e. The molecule has 1 fully saturated rings. The molecule has 10 heteroatoms. The van der Waals surface area contributed by atoms with Crippen LogP contribution < -0.4 is 10.2 Å². The van der Waals surface area contributed by atoms with E-state index in [0.717, 1.165) is 29.1 Å². The zero-order valence-corrected chi connectivity index (χ0v) is 16.8. The van der Waals surface area contributed by atoms with Gasteiger partial charge in [-0.25, -0.2) is 4.79 Å². The normalized spacial score (nSPS) is 13.6. The summed E-state index contributed by atoms with van der Waals surface area (Å²) in [4.78, 5) is 27.4. The first-order valence-corrected chi connectivity index (χ1v) is 9.89. The Labute approximate surface area is 178 Å². The summed E-state index contributed by atoms with van der Waals surface area (Å²) in [5.41, 5.74) is 2.49. The number of esters is 1. The van der Waals surface area contributed by atoms with Gasteiger partial charge in [0.05, 0.1) is 13.2 Å². The highest BCUT2D eigenvalue weighted by Gasteiger charge is 2.13. The number of benzene rings is 2. The predicted octanol–water partition coefficient (Wildman–Crippen LogP) is 1.36. The molecular formula is C21H22N6O4. The molecule has 160 valence electrons. The first kappa shape index (κ1) is 20.5. The maximum Gasteiger partial charge on any atom is 0.330 e. The Balaban J connectivity index is 1.22. The van der Waals surface area contributed by atoms with Crippen molar-refractivity contribution in [1.82, 2.24) is 20.2 Å². The molecule has 1 aliphatic rings. The Morgan fingerprint density at radius 2 is 1.77 bits per heavy atom. The van der Waals surface area contributed by atoms with E-state index < -0.39 is 18.5 Å². The van der Waals surface area contributed by atoms with Crippen LogP contribution in [0.15, 0.2) is 54.6 Å². The number of carbonyl (C=O) groups excluding carboxylic acids is 2. The van der Waals surface area contributed by atoms with Crippen molar-refractivity contribution >= 4 is 23.3 Å². The van der Waals surface area contributed by atoms with E-state index in [-0.39, 0.29) is 6.54 Å². The number of tetrazole rings is 1. The molecule has 1 aliphatic heterocycles. The molecule has 0 radical (unpaired) electrons. The lowest BCUT2D eigenvalue weighted by Crippen LogP contribution is -2.36. The molecule has 1 amide bonds. The van der Waals surface area contributed by atoms with Crippen molar-refractivity contribution in [2.75, 3.05) is 43.1 Å². The number of carbonyl (C=O) groups is 2. The van der Waals surface area contributed by atoms with Crippen LogP contribution in [0, 0.1) is 0 Å². The van der Waals surface area contributed by atoms with E-state index in [4.69, 9.17) is 9.47 Å². The number of hydrogen-bond donors (Lipinski definition) is 1. The molecule has 1 N–H and O–H groups in total. The van der Waals surface area contributed by atoms with Gasteiger partial charge in [-0.05, 0) is 29.5 Å². The second-order valence-electron chi connectivity index (χ2n) is 6.86. The summed E-state index contributed by atoms with van der Waals surface area (Å²) in [6.45, 7) is 2.47. The lowest BCUT2D eigenvalue weighted by atomic mass is 10.2. The van der Waals surface area contributed by atoms with Crippen molar-refractivity contribution in [3.63, 3.8) is 0 Å². The Hall–Kier alpha value is -3.79. The van der Waals surface area contributed by atoms with Crippen molar-refractivity contribution in [3.8, 4) is 11.4 Å². The van der Waals surface area contributed by atoms with Crippen LogP contribution in [0.5, 0.6) is 0 Å². The fourth-order valence-electron chi connectivity index (χ4n) is 3.09. The topological polar surface area (TPSA) is 111 Å². The van der Waals surface area contributed by atoms with Crippen LogP contribution in [0.3, 0.4) is 0 Å². The number of ether oxygens (including phenoxy) is 2. The highest BCUT2D eigenvalue weighted by molar-refractivity contribution is 5.92. The second-order valence-corrected chi connectivity index (χ2v) is 6.86. The molecule has 0 spiro atoms. The number of nitrogens with one attached hydrogen (secondary N) is 1. The molecule has 10 nitrogen and oxygen atoms in total. The molecule has 0 aliphatic carbocycles. The molecule has 0 saturated carbocycles. The van der Waals surface area contributed by atoms with E-state index in [9.17, 15) is 9.59 Å². The third-order valence-corrected chi connectivity index (χ3v) is 4.65. The van der Waals surface area contributed by atoms with Crippen molar-refractivity contribution in [1.29, 1.82) is 0 Å². The van der Waals surface area contributed by atoms with Crippen LogP contribution in [0.4, 0.5) is 11.4 Å². The van der Waals surface area contributed by atoms with Gasteiger partial charge in [0.2, 0.25) is 5.82 Å². The number of aromatic nitrogens is 4. The molecule has 0 atom stereocenters. The van der Waals surface area contributed by atoms with E-state index in [1.807, 2.05) is 54.6 Å². The standard InChI is InChI=1S/C21H22N6O4/c28-19(22-17-6-8-18(9-7-17)26-10-12-30-13-11-26)15-31-20(29)14-27-24-21(23-25-27)16-4-2-1-3-5-16/h1-9H,10-15H2,(H,22,28). The zero-order chi connectivity index (χ0) is 21.5. The van der Waals surface area contributed by atoms with E-state index in [1.165, 1.54) is 0 Å². The zero-order valence-electron chi connectivity index (χ0n) is 16.8. The van der Waals surface area contributed by atoms with Crippen LogP contribution in [0.1, 0.15) is 0 Å². The average Bonchev–Trinajstić information content (AvgIpc) is 3.28. The number of hydrogen-bond acceptors (Lipinski definition) is 8. The van der Waals surface area contributed by atoms with Gasteiger partial charge in [-0.3, -0.25) is 4.79 Å². The third kappa shape index (κ3) is 5.64. The Kier molecular flexibility index (Phi) is 6.48. The molecule has 0 bridgehead atoms. The van der Waals surface area contributed by atoms with E-state index in [1.54, 1.807) is 0 Å². The summed E-state index contributed by atoms with van der Waals surface area (Å²) in [5.74, 6) is -0.648. The molecule has 3 aromatic rings. The Morgan fingerprint density at radius 1 is 1.03 bits per heavy atom. The third-order valence-electron chi connectivity index (χ3n) is 4.65. The Bertz CT molecular complexity index is 1020. The largest absolute Gasteiger partial charge is 0.454 e. The minimum atomic E-state index is -0.630. The second kappa shape index (κ2) is 9.81. The number of nitrogens with zero attached hydrogens (tertiary/aromatic N) is 5. The van der Waals surface area contributed by atoms with Crippen LogP contribution in [-0.4, -0.2) is 65.0 Å². The molecule has 1 saturated heterocycles. The van der Waals surface area contributed by atoms with E-state index >= 15 is 0 Å². The molecular weight excluding hydrogens is 400 g/mol. The Morgan fingerprint density at radius 3 is 2.52 bits per heavy atom. The fraction of sp³-hybridized carbons (Fsp3) is 0.286. The summed E-state index contributed by atoms with van der Waals surface area (Å²) in [7, 11) is 0. The van der Waals surface area contributed by atoms with Gasteiger partial charge in [0.1, 0.15) is 0 Å². The molecule has 0 unspecified atom stereocenters. The van der Waals surface area contributed by atoms with Gasteiger partial charge in [0.25, 0.3) is 5.91 Å². The first-order chi connectivity index (χ1) is 15.2. The van der Waals surface area contributed by atoms with Crippen LogP contribution in [0.2, 0.25) is 0 Å². The summed E-state index contributed by atoms with van der Waals surface area (Å²) in [5, 5.41) is 14.6. The van der Waals surface area contributed by atoms with Crippen molar-refractivity contribution < 1.29 is 19.1 Å². The molecule has 2 aromatic carbocycles. The smallest absolute Gasteiger partial charge is 0.330 e. The maximum atomic E-state index is 12.1. The summed E-state index contributed by atoms with van der Waals surface area (Å²) < 4.78 is 10.4. The highest BCUT2D eigenvalue weighted by atomic mass is 16.5. The van der Waals surface area contributed by atoms with E-state index in [0.29, 0.717) is 24.7 Å².